The highest BCUT2D eigenvalue weighted by Gasteiger charge is 2.29. The molecule has 9 heteroatoms. The van der Waals surface area contributed by atoms with Crippen molar-refractivity contribution in [3.8, 4) is 11.1 Å². The molecule has 3 aromatic rings. The molecule has 3 rings (SSSR count). The highest BCUT2D eigenvalue weighted by molar-refractivity contribution is 6.30. The maximum Gasteiger partial charge on any atom is 0.406 e. The Morgan fingerprint density at radius 2 is 1.96 bits per heavy atom. The van der Waals surface area contributed by atoms with Crippen molar-refractivity contribution in [3.63, 3.8) is 0 Å². The minimum atomic E-state index is -4.53. The second kappa shape index (κ2) is 6.03. The Bertz CT molecular complexity index is 982. The third-order valence-corrected chi connectivity index (χ3v) is 3.83. The molecule has 130 valence electrons. The van der Waals surface area contributed by atoms with E-state index < -0.39 is 24.5 Å². The quantitative estimate of drug-likeness (QED) is 0.675. The topological polar surface area (TPSA) is 55.1 Å². The van der Waals surface area contributed by atoms with Gasteiger partial charge in [0.25, 0.3) is 0 Å². The summed E-state index contributed by atoms with van der Waals surface area (Å²) >= 11 is 5.63. The number of aromatic nitrogens is 2. The van der Waals surface area contributed by atoms with Crippen LogP contribution in [0.4, 0.5) is 17.6 Å². The van der Waals surface area contributed by atoms with Gasteiger partial charge in [-0.1, -0.05) is 17.7 Å². The second-order valence-corrected chi connectivity index (χ2v) is 5.69. The monoisotopic (exact) mass is 372 g/mol. The molecule has 0 bridgehead atoms. The van der Waals surface area contributed by atoms with Crippen LogP contribution >= 0.6 is 11.6 Å². The molecule has 0 amide bonds. The largest absolute Gasteiger partial charge is 0.477 e. The zero-order valence-electron chi connectivity index (χ0n) is 12.3. The number of rotatable bonds is 3. The van der Waals surface area contributed by atoms with Crippen molar-refractivity contribution in [2.24, 2.45) is 0 Å². The van der Waals surface area contributed by atoms with E-state index >= 15 is 0 Å². The molecule has 0 fully saturated rings. The van der Waals surface area contributed by atoms with E-state index in [-0.39, 0.29) is 21.7 Å². The molecule has 2 heterocycles. The lowest BCUT2D eigenvalue weighted by molar-refractivity contribution is -0.139. The number of fused-ring (bicyclic) bond motifs is 1. The number of halogens is 5. The molecule has 25 heavy (non-hydrogen) atoms. The van der Waals surface area contributed by atoms with E-state index in [0.717, 1.165) is 10.6 Å². The van der Waals surface area contributed by atoms with Crippen molar-refractivity contribution in [3.05, 3.63) is 53.1 Å². The number of carboxylic acids is 1. The van der Waals surface area contributed by atoms with Crippen LogP contribution in [0, 0.1) is 5.82 Å². The number of aromatic carboxylic acids is 1. The Morgan fingerprint density at radius 3 is 2.56 bits per heavy atom. The molecule has 0 saturated heterocycles. The number of alkyl halides is 3. The van der Waals surface area contributed by atoms with Crippen LogP contribution < -0.4 is 0 Å². The van der Waals surface area contributed by atoms with E-state index in [9.17, 15) is 22.4 Å². The van der Waals surface area contributed by atoms with Crippen molar-refractivity contribution in [1.82, 2.24) is 9.55 Å². The summed E-state index contributed by atoms with van der Waals surface area (Å²) in [5.41, 5.74) is 0.0578. The fourth-order valence-electron chi connectivity index (χ4n) is 2.49. The average molecular weight is 373 g/mol. The second-order valence-electron chi connectivity index (χ2n) is 5.29. The first-order chi connectivity index (χ1) is 11.7. The van der Waals surface area contributed by atoms with Gasteiger partial charge in [0.15, 0.2) is 5.69 Å². The van der Waals surface area contributed by atoms with Gasteiger partial charge in [0.2, 0.25) is 0 Å². The molecule has 4 nitrogen and oxygen atoms in total. The van der Waals surface area contributed by atoms with Gasteiger partial charge in [-0.2, -0.15) is 13.2 Å². The third-order valence-electron chi connectivity index (χ3n) is 3.52. The smallest absolute Gasteiger partial charge is 0.406 e. The summed E-state index contributed by atoms with van der Waals surface area (Å²) in [6.45, 7) is -1.35. The zero-order valence-corrected chi connectivity index (χ0v) is 13.1. The predicted octanol–water partition coefficient (Wildman–Crippen LogP) is 4.76. The van der Waals surface area contributed by atoms with E-state index in [1.54, 1.807) is 0 Å². The van der Waals surface area contributed by atoms with E-state index in [2.05, 4.69) is 4.98 Å². The standard InChI is InChI=1S/C16H9ClF4N2O2/c17-11-3-1-8(5-12(11)18)10-6-23(7-16(19,20)21)14-9(10)2-4-13(22-14)15(24)25/h1-6H,7H2,(H,24,25). The number of hydrogen-bond donors (Lipinski definition) is 1. The molecule has 0 radical (unpaired) electrons. The van der Waals surface area contributed by atoms with Crippen molar-refractivity contribution < 1.29 is 27.5 Å². The fraction of sp³-hybridized carbons (Fsp3) is 0.125. The minimum absolute atomic E-state index is 0.117. The average Bonchev–Trinajstić information content (AvgIpc) is 2.86. The molecule has 0 saturated carbocycles. The minimum Gasteiger partial charge on any atom is -0.477 e. The molecule has 0 spiro atoms. The molecule has 0 aliphatic rings. The molecule has 0 atom stereocenters. The van der Waals surface area contributed by atoms with Gasteiger partial charge >= 0.3 is 12.1 Å². The van der Waals surface area contributed by atoms with Crippen LogP contribution in [0.3, 0.4) is 0 Å². The Morgan fingerprint density at radius 1 is 1.24 bits per heavy atom. The highest BCUT2D eigenvalue weighted by atomic mass is 35.5. The summed E-state index contributed by atoms with van der Waals surface area (Å²) in [6.07, 6.45) is -3.37. The predicted molar refractivity (Wildman–Crippen MR) is 83.2 cm³/mol. The van der Waals surface area contributed by atoms with Gasteiger partial charge in [0.1, 0.15) is 18.0 Å². The lowest BCUT2D eigenvalue weighted by Crippen LogP contribution is -2.17. The molecular weight excluding hydrogens is 364 g/mol. The Labute approximate surface area is 143 Å². The molecule has 0 aliphatic carbocycles. The SMILES string of the molecule is O=C(O)c1ccc2c(-c3ccc(Cl)c(F)c3)cn(CC(F)(F)F)c2n1. The summed E-state index contributed by atoms with van der Waals surface area (Å²) < 4.78 is 52.9. The molecule has 0 unspecified atom stereocenters. The number of nitrogens with zero attached hydrogens (tertiary/aromatic N) is 2. The van der Waals surface area contributed by atoms with Gasteiger partial charge in [0.05, 0.1) is 5.02 Å². The van der Waals surface area contributed by atoms with Gasteiger partial charge in [-0.05, 0) is 29.8 Å². The normalized spacial score (nSPS) is 11.9. The molecule has 0 aliphatic heterocycles. The van der Waals surface area contributed by atoms with E-state index in [1.165, 1.54) is 30.5 Å². The van der Waals surface area contributed by atoms with Crippen LogP contribution in [0.5, 0.6) is 0 Å². The first-order valence-electron chi connectivity index (χ1n) is 6.91. The number of benzene rings is 1. The van der Waals surface area contributed by atoms with Crippen LogP contribution in [0.2, 0.25) is 5.02 Å². The van der Waals surface area contributed by atoms with Crippen LogP contribution in [-0.2, 0) is 6.54 Å². The van der Waals surface area contributed by atoms with Crippen molar-refractivity contribution in [1.29, 1.82) is 0 Å². The van der Waals surface area contributed by atoms with Crippen LogP contribution in [0.25, 0.3) is 22.2 Å². The highest BCUT2D eigenvalue weighted by Crippen LogP contribution is 2.33. The maximum atomic E-state index is 13.7. The Balaban J connectivity index is 2.25. The van der Waals surface area contributed by atoms with Crippen LogP contribution in [-0.4, -0.2) is 26.8 Å². The van der Waals surface area contributed by atoms with Gasteiger partial charge < -0.3 is 9.67 Å². The first kappa shape index (κ1) is 17.2. The van der Waals surface area contributed by atoms with E-state index in [4.69, 9.17) is 16.7 Å². The summed E-state index contributed by atoms with van der Waals surface area (Å²) in [6, 6.07) is 6.38. The van der Waals surface area contributed by atoms with Crippen LogP contribution in [0.15, 0.2) is 36.5 Å². The summed E-state index contributed by atoms with van der Waals surface area (Å²) in [5, 5.41) is 9.16. The van der Waals surface area contributed by atoms with Crippen molar-refractivity contribution in [2.75, 3.05) is 0 Å². The number of carbonyl (C=O) groups is 1. The van der Waals surface area contributed by atoms with Gasteiger partial charge in [-0.25, -0.2) is 14.2 Å². The van der Waals surface area contributed by atoms with E-state index in [0.29, 0.717) is 11.1 Å². The molecule has 1 N–H and O–H groups in total. The number of carboxylic acid groups (broad SMARTS) is 1. The lowest BCUT2D eigenvalue weighted by atomic mass is 10.1. The summed E-state index contributed by atoms with van der Waals surface area (Å²) in [4.78, 5) is 14.8. The summed E-state index contributed by atoms with van der Waals surface area (Å²) in [7, 11) is 0. The zero-order chi connectivity index (χ0) is 18.4. The van der Waals surface area contributed by atoms with Gasteiger partial charge in [-0.15, -0.1) is 0 Å². The molecular formula is C16H9ClF4N2O2. The van der Waals surface area contributed by atoms with Crippen LogP contribution in [0.1, 0.15) is 10.5 Å². The van der Waals surface area contributed by atoms with Gasteiger partial charge in [-0.3, -0.25) is 0 Å². The molecule has 1 aromatic carbocycles. The lowest BCUT2D eigenvalue weighted by Gasteiger charge is -2.08. The maximum absolute atomic E-state index is 13.7. The molecule has 2 aromatic heterocycles. The number of pyridine rings is 1. The first-order valence-corrected chi connectivity index (χ1v) is 7.29. The fourth-order valence-corrected chi connectivity index (χ4v) is 2.61. The Hall–Kier alpha value is -2.61. The van der Waals surface area contributed by atoms with Crippen molar-refractivity contribution >= 4 is 28.6 Å². The third kappa shape index (κ3) is 3.43. The number of hydrogen-bond acceptors (Lipinski definition) is 2. The van der Waals surface area contributed by atoms with Gasteiger partial charge in [0, 0.05) is 17.1 Å². The Kier molecular flexibility index (Phi) is 4.16. The van der Waals surface area contributed by atoms with Crippen molar-refractivity contribution in [2.45, 2.75) is 12.7 Å². The van der Waals surface area contributed by atoms with E-state index in [1.807, 2.05) is 0 Å². The summed E-state index contributed by atoms with van der Waals surface area (Å²) in [5.74, 6) is -2.08.